The Bertz CT molecular complexity index is 285. The van der Waals surface area contributed by atoms with Gasteiger partial charge < -0.3 is 4.74 Å². The highest BCUT2D eigenvalue weighted by molar-refractivity contribution is 7.99. The Hall–Kier alpha value is -0.960. The maximum absolute atomic E-state index is 11.1. The fourth-order valence-electron chi connectivity index (χ4n) is 1.01. The summed E-state index contributed by atoms with van der Waals surface area (Å²) in [6, 6.07) is 10.0. The number of ether oxygens (including phenoxy) is 1. The zero-order valence-electron chi connectivity index (χ0n) is 8.40. The van der Waals surface area contributed by atoms with Crippen molar-refractivity contribution in [1.82, 2.24) is 0 Å². The SMILES string of the molecule is COC(=O)C(C)CSc1ccccc1. The molecule has 76 valence electrons. The van der Waals surface area contributed by atoms with Crippen molar-refractivity contribution in [2.45, 2.75) is 11.8 Å². The number of hydrogen-bond donors (Lipinski definition) is 0. The van der Waals surface area contributed by atoms with Crippen molar-refractivity contribution in [1.29, 1.82) is 0 Å². The van der Waals surface area contributed by atoms with E-state index < -0.39 is 0 Å². The largest absolute Gasteiger partial charge is 0.469 e. The molecule has 0 saturated carbocycles. The molecular weight excluding hydrogens is 196 g/mol. The van der Waals surface area contributed by atoms with Crippen LogP contribution < -0.4 is 0 Å². The van der Waals surface area contributed by atoms with E-state index >= 15 is 0 Å². The van der Waals surface area contributed by atoms with Crippen molar-refractivity contribution in [2.75, 3.05) is 12.9 Å². The van der Waals surface area contributed by atoms with Gasteiger partial charge in [0, 0.05) is 10.6 Å². The van der Waals surface area contributed by atoms with E-state index in [1.165, 1.54) is 12.0 Å². The van der Waals surface area contributed by atoms with Crippen LogP contribution in [0.1, 0.15) is 6.92 Å². The molecule has 2 nitrogen and oxygen atoms in total. The van der Waals surface area contributed by atoms with Gasteiger partial charge in [-0.3, -0.25) is 4.79 Å². The predicted molar refractivity (Wildman–Crippen MR) is 58.3 cm³/mol. The maximum atomic E-state index is 11.1. The molecule has 0 spiro atoms. The second-order valence-electron chi connectivity index (χ2n) is 3.05. The average molecular weight is 210 g/mol. The van der Waals surface area contributed by atoms with Crippen LogP contribution in [-0.4, -0.2) is 18.8 Å². The van der Waals surface area contributed by atoms with Gasteiger partial charge in [-0.15, -0.1) is 11.8 Å². The van der Waals surface area contributed by atoms with Gasteiger partial charge in [0.1, 0.15) is 0 Å². The van der Waals surface area contributed by atoms with Gasteiger partial charge in [-0.25, -0.2) is 0 Å². The molecule has 1 atom stereocenters. The molecule has 0 aromatic heterocycles. The summed E-state index contributed by atoms with van der Waals surface area (Å²) in [6.07, 6.45) is 0. The maximum Gasteiger partial charge on any atom is 0.309 e. The Morgan fingerprint density at radius 2 is 2.07 bits per heavy atom. The van der Waals surface area contributed by atoms with Gasteiger partial charge in [0.2, 0.25) is 0 Å². The summed E-state index contributed by atoms with van der Waals surface area (Å²) in [7, 11) is 1.42. The van der Waals surface area contributed by atoms with Crippen LogP contribution in [0.4, 0.5) is 0 Å². The molecule has 0 radical (unpaired) electrons. The minimum Gasteiger partial charge on any atom is -0.469 e. The van der Waals surface area contributed by atoms with Gasteiger partial charge in [0.25, 0.3) is 0 Å². The zero-order chi connectivity index (χ0) is 10.4. The summed E-state index contributed by atoms with van der Waals surface area (Å²) in [5.74, 6) is 0.565. The summed E-state index contributed by atoms with van der Waals surface area (Å²) in [6.45, 7) is 1.88. The Morgan fingerprint density at radius 1 is 1.43 bits per heavy atom. The molecule has 0 bridgehead atoms. The smallest absolute Gasteiger partial charge is 0.309 e. The van der Waals surface area contributed by atoms with Gasteiger partial charge in [-0.05, 0) is 12.1 Å². The van der Waals surface area contributed by atoms with Crippen LogP contribution in [0.15, 0.2) is 35.2 Å². The van der Waals surface area contributed by atoms with Crippen molar-refractivity contribution in [3.05, 3.63) is 30.3 Å². The van der Waals surface area contributed by atoms with Gasteiger partial charge >= 0.3 is 5.97 Å². The first-order valence-electron chi connectivity index (χ1n) is 4.49. The minimum atomic E-state index is -0.145. The van der Waals surface area contributed by atoms with Crippen LogP contribution in [0, 0.1) is 5.92 Å². The highest BCUT2D eigenvalue weighted by Gasteiger charge is 2.12. The lowest BCUT2D eigenvalue weighted by Gasteiger charge is -2.07. The predicted octanol–water partition coefficient (Wildman–Crippen LogP) is 2.59. The van der Waals surface area contributed by atoms with Crippen molar-refractivity contribution in [3.8, 4) is 0 Å². The molecule has 0 N–H and O–H groups in total. The van der Waals surface area contributed by atoms with Gasteiger partial charge in [-0.1, -0.05) is 25.1 Å². The molecule has 0 heterocycles. The van der Waals surface area contributed by atoms with E-state index in [2.05, 4.69) is 4.74 Å². The molecular formula is C11H14O2S. The molecule has 0 fully saturated rings. The summed E-state index contributed by atoms with van der Waals surface area (Å²) in [5, 5.41) is 0. The number of carbonyl (C=O) groups excluding carboxylic acids is 1. The Morgan fingerprint density at radius 3 is 2.64 bits per heavy atom. The second kappa shape index (κ2) is 5.70. The van der Waals surface area contributed by atoms with Gasteiger partial charge in [0.15, 0.2) is 0 Å². The molecule has 0 aliphatic rings. The first kappa shape index (κ1) is 11.1. The number of esters is 1. The molecule has 3 heteroatoms. The van der Waals surface area contributed by atoms with E-state index in [1.54, 1.807) is 11.8 Å². The summed E-state index contributed by atoms with van der Waals surface area (Å²) in [4.78, 5) is 12.3. The normalized spacial score (nSPS) is 12.1. The molecule has 1 rings (SSSR count). The first-order chi connectivity index (χ1) is 6.74. The Kier molecular flexibility index (Phi) is 4.53. The lowest BCUT2D eigenvalue weighted by molar-refractivity contribution is -0.143. The summed E-state index contributed by atoms with van der Waals surface area (Å²) < 4.78 is 4.65. The van der Waals surface area contributed by atoms with Crippen molar-refractivity contribution in [2.24, 2.45) is 5.92 Å². The monoisotopic (exact) mass is 210 g/mol. The molecule has 1 aromatic rings. The van der Waals surface area contributed by atoms with Crippen LogP contribution in [-0.2, 0) is 9.53 Å². The fourth-order valence-corrected chi connectivity index (χ4v) is 1.94. The van der Waals surface area contributed by atoms with E-state index in [0.29, 0.717) is 0 Å². The highest BCUT2D eigenvalue weighted by Crippen LogP contribution is 2.20. The highest BCUT2D eigenvalue weighted by atomic mass is 32.2. The lowest BCUT2D eigenvalue weighted by Crippen LogP contribution is -2.14. The number of thioether (sulfide) groups is 1. The molecule has 0 amide bonds. The minimum absolute atomic E-state index is 0.0507. The van der Waals surface area contributed by atoms with Crippen LogP contribution in [0.5, 0.6) is 0 Å². The topological polar surface area (TPSA) is 26.3 Å². The zero-order valence-corrected chi connectivity index (χ0v) is 9.21. The molecule has 1 unspecified atom stereocenters. The standard InChI is InChI=1S/C11H14O2S/c1-9(11(12)13-2)8-14-10-6-4-3-5-7-10/h3-7,9H,8H2,1-2H3. The molecule has 0 aliphatic heterocycles. The summed E-state index contributed by atoms with van der Waals surface area (Å²) in [5.41, 5.74) is 0. The third-order valence-corrected chi connectivity index (χ3v) is 3.12. The number of hydrogen-bond acceptors (Lipinski definition) is 3. The molecule has 0 aliphatic carbocycles. The van der Waals surface area contributed by atoms with Crippen molar-refractivity contribution in [3.63, 3.8) is 0 Å². The van der Waals surface area contributed by atoms with Gasteiger partial charge in [-0.2, -0.15) is 0 Å². The third kappa shape index (κ3) is 3.42. The van der Waals surface area contributed by atoms with Crippen molar-refractivity contribution < 1.29 is 9.53 Å². The lowest BCUT2D eigenvalue weighted by atomic mass is 10.2. The fraction of sp³-hybridized carbons (Fsp3) is 0.364. The van der Waals surface area contributed by atoms with E-state index in [0.717, 1.165) is 5.75 Å². The van der Waals surface area contributed by atoms with E-state index in [-0.39, 0.29) is 11.9 Å². The first-order valence-corrected chi connectivity index (χ1v) is 5.48. The average Bonchev–Trinajstić information content (AvgIpc) is 2.26. The number of rotatable bonds is 4. The second-order valence-corrected chi connectivity index (χ2v) is 4.14. The third-order valence-electron chi connectivity index (χ3n) is 1.85. The van der Waals surface area contributed by atoms with E-state index in [9.17, 15) is 4.79 Å². The Labute approximate surface area is 88.7 Å². The molecule has 0 saturated heterocycles. The van der Waals surface area contributed by atoms with Crippen molar-refractivity contribution >= 4 is 17.7 Å². The Balaban J connectivity index is 2.38. The number of methoxy groups -OCH3 is 1. The van der Waals surface area contributed by atoms with Crippen LogP contribution in [0.25, 0.3) is 0 Å². The molecule has 14 heavy (non-hydrogen) atoms. The van der Waals surface area contributed by atoms with Crippen LogP contribution in [0.3, 0.4) is 0 Å². The van der Waals surface area contributed by atoms with Crippen LogP contribution >= 0.6 is 11.8 Å². The van der Waals surface area contributed by atoms with E-state index in [4.69, 9.17) is 0 Å². The van der Waals surface area contributed by atoms with E-state index in [1.807, 2.05) is 37.3 Å². The summed E-state index contributed by atoms with van der Waals surface area (Å²) >= 11 is 1.67. The number of benzene rings is 1. The quantitative estimate of drug-likeness (QED) is 0.564. The molecule has 1 aromatic carbocycles. The number of carbonyl (C=O) groups is 1. The van der Waals surface area contributed by atoms with Gasteiger partial charge in [0.05, 0.1) is 13.0 Å². The van der Waals surface area contributed by atoms with Crippen LogP contribution in [0.2, 0.25) is 0 Å².